The molecule has 15 heavy (non-hydrogen) atoms. The zero-order chi connectivity index (χ0) is 11.5. The summed E-state index contributed by atoms with van der Waals surface area (Å²) < 4.78 is 10.6. The minimum absolute atomic E-state index is 0.0652. The second-order valence-corrected chi connectivity index (χ2v) is 4.24. The molecular weight excluding hydrogens is 192 g/mol. The van der Waals surface area contributed by atoms with E-state index < -0.39 is 5.60 Å². The number of Topliss-reactive ketones (excluding diaryl/α,β-unsaturated/α-hetero) is 1. The molecular formula is C12H20O3. The van der Waals surface area contributed by atoms with Crippen molar-refractivity contribution in [1.29, 1.82) is 0 Å². The molecule has 0 N–H and O–H groups in total. The van der Waals surface area contributed by atoms with E-state index in [-0.39, 0.29) is 5.78 Å². The lowest BCUT2D eigenvalue weighted by Gasteiger charge is -2.22. The van der Waals surface area contributed by atoms with Gasteiger partial charge in [0.15, 0.2) is 5.60 Å². The number of hydrogen-bond acceptors (Lipinski definition) is 3. The zero-order valence-electron chi connectivity index (χ0n) is 10.1. The predicted molar refractivity (Wildman–Crippen MR) is 58.3 cm³/mol. The quantitative estimate of drug-likeness (QED) is 0.657. The number of methoxy groups -OCH3 is 1. The van der Waals surface area contributed by atoms with Gasteiger partial charge in [-0.1, -0.05) is 19.8 Å². The lowest BCUT2D eigenvalue weighted by atomic mass is 9.92. The van der Waals surface area contributed by atoms with Crippen LogP contribution in [-0.4, -0.2) is 18.5 Å². The summed E-state index contributed by atoms with van der Waals surface area (Å²) in [6, 6.07) is 0. The molecule has 0 unspecified atom stereocenters. The second kappa shape index (κ2) is 4.69. The molecule has 0 fully saturated rings. The van der Waals surface area contributed by atoms with Crippen LogP contribution in [0.3, 0.4) is 0 Å². The molecule has 3 heteroatoms. The number of ether oxygens (including phenoxy) is 2. The van der Waals surface area contributed by atoms with Gasteiger partial charge < -0.3 is 9.47 Å². The fourth-order valence-corrected chi connectivity index (χ4v) is 1.89. The first kappa shape index (κ1) is 12.1. The Hall–Kier alpha value is -0.990. The summed E-state index contributed by atoms with van der Waals surface area (Å²) in [7, 11) is 1.53. The molecule has 0 aromatic heterocycles. The summed E-state index contributed by atoms with van der Waals surface area (Å²) in [6.45, 7) is 5.75. The highest BCUT2D eigenvalue weighted by molar-refractivity contribution is 6.03. The Morgan fingerprint density at radius 3 is 2.53 bits per heavy atom. The highest BCUT2D eigenvalue weighted by atomic mass is 16.7. The van der Waals surface area contributed by atoms with E-state index in [4.69, 9.17) is 9.47 Å². The van der Waals surface area contributed by atoms with Crippen LogP contribution in [0, 0.1) is 0 Å². The lowest BCUT2D eigenvalue weighted by Crippen LogP contribution is -2.33. The molecule has 3 nitrogen and oxygen atoms in total. The average Bonchev–Trinajstić information content (AvgIpc) is 2.44. The largest absolute Gasteiger partial charge is 0.468 e. The Kier molecular flexibility index (Phi) is 3.77. The van der Waals surface area contributed by atoms with Crippen LogP contribution in [0.1, 0.15) is 46.5 Å². The average molecular weight is 212 g/mol. The molecule has 0 saturated heterocycles. The van der Waals surface area contributed by atoms with E-state index in [9.17, 15) is 4.79 Å². The van der Waals surface area contributed by atoms with Crippen LogP contribution in [0.2, 0.25) is 0 Å². The zero-order valence-corrected chi connectivity index (χ0v) is 10.1. The van der Waals surface area contributed by atoms with Gasteiger partial charge in [-0.15, -0.1) is 0 Å². The first-order valence-corrected chi connectivity index (χ1v) is 5.54. The van der Waals surface area contributed by atoms with Gasteiger partial charge in [0.2, 0.25) is 5.78 Å². The topological polar surface area (TPSA) is 35.5 Å². The van der Waals surface area contributed by atoms with Gasteiger partial charge in [0.25, 0.3) is 5.95 Å². The summed E-state index contributed by atoms with van der Waals surface area (Å²) in [5.74, 6) is 0.453. The number of unbranched alkanes of at least 4 members (excludes halogenated alkanes) is 2. The molecule has 1 aliphatic heterocycles. The molecule has 0 aliphatic carbocycles. The van der Waals surface area contributed by atoms with Crippen molar-refractivity contribution in [2.45, 2.75) is 52.1 Å². The Morgan fingerprint density at radius 1 is 1.40 bits per heavy atom. The van der Waals surface area contributed by atoms with E-state index >= 15 is 0 Å². The number of ketones is 1. The van der Waals surface area contributed by atoms with Crippen molar-refractivity contribution in [3.63, 3.8) is 0 Å². The predicted octanol–water partition coefficient (Wildman–Crippen LogP) is 2.80. The summed E-state index contributed by atoms with van der Waals surface area (Å²) in [5.41, 5.74) is -0.0820. The van der Waals surface area contributed by atoms with Crippen molar-refractivity contribution in [1.82, 2.24) is 0 Å². The van der Waals surface area contributed by atoms with Gasteiger partial charge in [0, 0.05) is 0 Å². The highest BCUT2D eigenvalue weighted by Crippen LogP contribution is 2.34. The number of rotatable bonds is 5. The molecule has 0 bridgehead atoms. The summed E-state index contributed by atoms with van der Waals surface area (Å²) in [6.07, 6.45) is 4.06. The molecule has 0 radical (unpaired) electrons. The van der Waals surface area contributed by atoms with E-state index in [0.717, 1.165) is 25.7 Å². The summed E-state index contributed by atoms with van der Waals surface area (Å²) in [5, 5.41) is 0. The molecule has 86 valence electrons. The normalized spacial score (nSPS) is 25.7. The maximum atomic E-state index is 11.9. The van der Waals surface area contributed by atoms with Crippen LogP contribution < -0.4 is 0 Å². The van der Waals surface area contributed by atoms with Gasteiger partial charge in [-0.3, -0.25) is 4.79 Å². The van der Waals surface area contributed by atoms with Crippen molar-refractivity contribution in [2.75, 3.05) is 7.11 Å². The molecule has 0 saturated carbocycles. The highest BCUT2D eigenvalue weighted by Gasteiger charge is 2.44. The van der Waals surface area contributed by atoms with Gasteiger partial charge in [-0.25, -0.2) is 0 Å². The van der Waals surface area contributed by atoms with Crippen LogP contribution in [0.25, 0.3) is 0 Å². The Bertz CT molecular complexity index is 281. The third kappa shape index (κ3) is 2.33. The molecule has 0 aromatic rings. The lowest BCUT2D eigenvalue weighted by molar-refractivity contribution is -0.132. The molecule has 1 rings (SSSR count). The van der Waals surface area contributed by atoms with Gasteiger partial charge in [0.1, 0.15) is 0 Å². The van der Waals surface area contributed by atoms with Crippen molar-refractivity contribution >= 4 is 5.78 Å². The van der Waals surface area contributed by atoms with Crippen molar-refractivity contribution < 1.29 is 14.3 Å². The minimum Gasteiger partial charge on any atom is -0.468 e. The Labute approximate surface area is 91.4 Å². The third-order valence-corrected chi connectivity index (χ3v) is 2.89. The minimum atomic E-state index is -0.690. The SMILES string of the molecule is CCCCC[C@]1(C)OC(OC)=C(C)C1=O. The van der Waals surface area contributed by atoms with Gasteiger partial charge in [0.05, 0.1) is 12.7 Å². The van der Waals surface area contributed by atoms with Crippen molar-refractivity contribution in [3.05, 3.63) is 11.5 Å². The maximum Gasteiger partial charge on any atom is 0.286 e. The van der Waals surface area contributed by atoms with E-state index in [1.165, 1.54) is 7.11 Å². The maximum absolute atomic E-state index is 11.9. The van der Waals surface area contributed by atoms with E-state index in [1.807, 2.05) is 6.92 Å². The Morgan fingerprint density at radius 2 is 2.07 bits per heavy atom. The molecule has 1 heterocycles. The Balaban J connectivity index is 2.63. The fraction of sp³-hybridized carbons (Fsp3) is 0.750. The third-order valence-electron chi connectivity index (χ3n) is 2.89. The molecule has 0 spiro atoms. The first-order valence-electron chi connectivity index (χ1n) is 5.54. The molecule has 1 aliphatic rings. The monoisotopic (exact) mass is 212 g/mol. The van der Waals surface area contributed by atoms with Crippen LogP contribution in [0.4, 0.5) is 0 Å². The van der Waals surface area contributed by atoms with Crippen LogP contribution >= 0.6 is 0 Å². The smallest absolute Gasteiger partial charge is 0.286 e. The van der Waals surface area contributed by atoms with E-state index in [1.54, 1.807) is 6.92 Å². The van der Waals surface area contributed by atoms with Crippen molar-refractivity contribution in [2.24, 2.45) is 0 Å². The van der Waals surface area contributed by atoms with Crippen LogP contribution in [-0.2, 0) is 14.3 Å². The van der Waals surface area contributed by atoms with Gasteiger partial charge >= 0.3 is 0 Å². The van der Waals surface area contributed by atoms with Crippen LogP contribution in [0.5, 0.6) is 0 Å². The molecule has 0 amide bonds. The first-order chi connectivity index (χ1) is 7.05. The second-order valence-electron chi connectivity index (χ2n) is 4.24. The number of hydrogen-bond donors (Lipinski definition) is 0. The number of carbonyl (C=O) groups excluding carboxylic acids is 1. The fourth-order valence-electron chi connectivity index (χ4n) is 1.89. The molecule has 0 aromatic carbocycles. The van der Waals surface area contributed by atoms with Gasteiger partial charge in [-0.2, -0.15) is 0 Å². The van der Waals surface area contributed by atoms with E-state index in [0.29, 0.717) is 11.5 Å². The summed E-state index contributed by atoms with van der Waals surface area (Å²) >= 11 is 0. The standard InChI is InChI=1S/C12H20O3/c1-5-6-7-8-12(3)10(13)9(2)11(14-4)15-12/h5-8H2,1-4H3/t12-/m0/s1. The van der Waals surface area contributed by atoms with Gasteiger partial charge in [-0.05, 0) is 26.7 Å². The summed E-state index contributed by atoms with van der Waals surface area (Å²) in [4.78, 5) is 11.9. The number of carbonyl (C=O) groups is 1. The van der Waals surface area contributed by atoms with E-state index in [2.05, 4.69) is 6.92 Å². The molecule has 1 atom stereocenters. The van der Waals surface area contributed by atoms with Crippen molar-refractivity contribution in [3.8, 4) is 0 Å². The van der Waals surface area contributed by atoms with Crippen LogP contribution in [0.15, 0.2) is 11.5 Å².